The first-order valence-electron chi connectivity index (χ1n) is 11.2. The van der Waals surface area contributed by atoms with Gasteiger partial charge in [-0.3, -0.25) is 9.59 Å². The molecule has 1 saturated heterocycles. The predicted molar refractivity (Wildman–Crippen MR) is 114 cm³/mol. The number of amides is 1. The van der Waals surface area contributed by atoms with Crippen LogP contribution in [0.1, 0.15) is 63.9 Å². The van der Waals surface area contributed by atoms with Gasteiger partial charge in [0.1, 0.15) is 5.82 Å². The number of benzene rings is 1. The van der Waals surface area contributed by atoms with Gasteiger partial charge in [-0.25, -0.2) is 4.39 Å². The second kappa shape index (κ2) is 8.40. The summed E-state index contributed by atoms with van der Waals surface area (Å²) in [6.45, 7) is 4.75. The third-order valence-electron chi connectivity index (χ3n) is 7.29. The molecule has 2 fully saturated rings. The molecule has 3 unspecified atom stereocenters. The topological polar surface area (TPSA) is 73.4 Å². The first-order chi connectivity index (χ1) is 14.4. The molecule has 4 rings (SSSR count). The number of aliphatic carboxylic acids is 1. The molecule has 1 aromatic carbocycles. The standard InChI is InChI=1S/C24H31FN2O3/c1-14(2)19(20-13-26-21-11-15(25)7-8-16(20)21)12-23(28)27-10-9-18(24(29)30)17-5-3-4-6-22(17)27/h7-8,11,13-14,17-19,22,26H,3-6,9-10,12H2,1-2H3,(H,29,30)/t17?,18?,19-,22?/m1/s1. The second-order valence-electron chi connectivity index (χ2n) is 9.32. The van der Waals surface area contributed by atoms with Gasteiger partial charge in [-0.1, -0.05) is 26.7 Å². The van der Waals surface area contributed by atoms with Crippen LogP contribution in [0.2, 0.25) is 0 Å². The molecule has 2 heterocycles. The van der Waals surface area contributed by atoms with Gasteiger partial charge in [0, 0.05) is 36.1 Å². The maximum absolute atomic E-state index is 13.6. The molecule has 1 aliphatic heterocycles. The largest absolute Gasteiger partial charge is 0.481 e. The average molecular weight is 415 g/mol. The summed E-state index contributed by atoms with van der Waals surface area (Å²) in [5.41, 5.74) is 1.80. The van der Waals surface area contributed by atoms with Crippen LogP contribution in [-0.4, -0.2) is 39.5 Å². The fraction of sp³-hybridized carbons (Fsp3) is 0.583. The number of carbonyl (C=O) groups is 2. The summed E-state index contributed by atoms with van der Waals surface area (Å²) in [6, 6.07) is 4.78. The molecule has 5 nitrogen and oxygen atoms in total. The summed E-state index contributed by atoms with van der Waals surface area (Å²) in [7, 11) is 0. The number of halogens is 1. The van der Waals surface area contributed by atoms with Gasteiger partial charge in [0.2, 0.25) is 5.91 Å². The molecular weight excluding hydrogens is 383 g/mol. The highest BCUT2D eigenvalue weighted by Gasteiger charge is 2.44. The monoisotopic (exact) mass is 414 g/mol. The lowest BCUT2D eigenvalue weighted by Crippen LogP contribution is -2.54. The molecule has 30 heavy (non-hydrogen) atoms. The Bertz CT molecular complexity index is 938. The van der Waals surface area contributed by atoms with Crippen LogP contribution in [0.4, 0.5) is 4.39 Å². The molecule has 4 atom stereocenters. The van der Waals surface area contributed by atoms with E-state index in [1.807, 2.05) is 11.1 Å². The van der Waals surface area contributed by atoms with E-state index in [1.54, 1.807) is 6.07 Å². The minimum atomic E-state index is -0.718. The van der Waals surface area contributed by atoms with E-state index < -0.39 is 5.97 Å². The Morgan fingerprint density at radius 2 is 2.00 bits per heavy atom. The molecule has 2 aliphatic rings. The number of nitrogens with zero attached hydrogens (tertiary/aromatic N) is 1. The summed E-state index contributed by atoms with van der Waals surface area (Å²) >= 11 is 0. The molecule has 1 aromatic heterocycles. The Kier molecular flexibility index (Phi) is 5.85. The van der Waals surface area contributed by atoms with E-state index >= 15 is 0 Å². The Hall–Kier alpha value is -2.37. The number of H-pyrrole nitrogens is 1. The van der Waals surface area contributed by atoms with Crippen LogP contribution >= 0.6 is 0 Å². The molecule has 0 radical (unpaired) electrons. The van der Waals surface area contributed by atoms with Crippen molar-refractivity contribution in [3.8, 4) is 0 Å². The molecular formula is C24H31FN2O3. The van der Waals surface area contributed by atoms with E-state index in [4.69, 9.17) is 0 Å². The molecule has 2 aromatic rings. The number of rotatable bonds is 5. The Balaban J connectivity index is 1.56. The lowest BCUT2D eigenvalue weighted by atomic mass is 9.71. The van der Waals surface area contributed by atoms with E-state index in [0.29, 0.717) is 19.4 Å². The van der Waals surface area contributed by atoms with Crippen molar-refractivity contribution in [3.63, 3.8) is 0 Å². The van der Waals surface area contributed by atoms with Crippen LogP contribution in [0.25, 0.3) is 10.9 Å². The summed E-state index contributed by atoms with van der Waals surface area (Å²) in [5.74, 6) is -0.868. The Morgan fingerprint density at radius 1 is 1.23 bits per heavy atom. The maximum Gasteiger partial charge on any atom is 0.306 e. The number of carbonyl (C=O) groups excluding carboxylic acids is 1. The summed E-state index contributed by atoms with van der Waals surface area (Å²) in [5, 5.41) is 10.6. The van der Waals surface area contributed by atoms with Gasteiger partial charge >= 0.3 is 5.97 Å². The van der Waals surface area contributed by atoms with Crippen molar-refractivity contribution in [1.29, 1.82) is 0 Å². The van der Waals surface area contributed by atoms with E-state index in [-0.39, 0.29) is 41.4 Å². The number of likely N-dealkylation sites (tertiary alicyclic amines) is 1. The molecule has 6 heteroatoms. The number of aromatic nitrogens is 1. The number of carboxylic acids is 1. The van der Waals surface area contributed by atoms with Crippen molar-refractivity contribution in [3.05, 3.63) is 35.8 Å². The van der Waals surface area contributed by atoms with Crippen LogP contribution in [0.3, 0.4) is 0 Å². The lowest BCUT2D eigenvalue weighted by Gasteiger charge is -2.47. The number of fused-ring (bicyclic) bond motifs is 2. The predicted octanol–water partition coefficient (Wildman–Crippen LogP) is 4.93. The Morgan fingerprint density at radius 3 is 2.73 bits per heavy atom. The Labute approximate surface area is 176 Å². The average Bonchev–Trinajstić information content (AvgIpc) is 3.13. The minimum Gasteiger partial charge on any atom is -0.481 e. The molecule has 1 aliphatic carbocycles. The number of hydrogen-bond acceptors (Lipinski definition) is 2. The van der Waals surface area contributed by atoms with E-state index in [0.717, 1.165) is 42.1 Å². The highest BCUT2D eigenvalue weighted by atomic mass is 19.1. The van der Waals surface area contributed by atoms with Crippen LogP contribution in [0.15, 0.2) is 24.4 Å². The SMILES string of the molecule is CC(C)[C@@H](CC(=O)N1CCC(C(=O)O)C2CCCCC21)c1c[nH]c2cc(F)ccc12. The van der Waals surface area contributed by atoms with E-state index in [2.05, 4.69) is 18.8 Å². The van der Waals surface area contributed by atoms with Gasteiger partial charge in [0.25, 0.3) is 0 Å². The van der Waals surface area contributed by atoms with E-state index in [1.165, 1.54) is 12.1 Å². The number of carboxylic acid groups (broad SMARTS) is 1. The van der Waals surface area contributed by atoms with Gasteiger partial charge < -0.3 is 15.0 Å². The van der Waals surface area contributed by atoms with Crippen molar-refractivity contribution < 1.29 is 19.1 Å². The fourth-order valence-corrected chi connectivity index (χ4v) is 5.71. The van der Waals surface area contributed by atoms with Crippen LogP contribution in [0.5, 0.6) is 0 Å². The normalized spacial score (nSPS) is 25.3. The van der Waals surface area contributed by atoms with Crippen molar-refractivity contribution in [2.24, 2.45) is 17.8 Å². The smallest absolute Gasteiger partial charge is 0.306 e. The highest BCUT2D eigenvalue weighted by molar-refractivity contribution is 5.85. The van der Waals surface area contributed by atoms with Crippen molar-refractivity contribution >= 4 is 22.8 Å². The summed E-state index contributed by atoms with van der Waals surface area (Å²) in [4.78, 5) is 30.3. The van der Waals surface area contributed by atoms with Crippen molar-refractivity contribution in [2.75, 3.05) is 6.54 Å². The lowest BCUT2D eigenvalue weighted by molar-refractivity contribution is -0.154. The highest BCUT2D eigenvalue weighted by Crippen LogP contribution is 2.41. The minimum absolute atomic E-state index is 0.0240. The van der Waals surface area contributed by atoms with Gasteiger partial charge in [-0.15, -0.1) is 0 Å². The number of piperidine rings is 1. The molecule has 162 valence electrons. The van der Waals surface area contributed by atoms with Crippen LogP contribution in [0, 0.1) is 23.6 Å². The van der Waals surface area contributed by atoms with E-state index in [9.17, 15) is 19.1 Å². The molecule has 1 amide bonds. The van der Waals surface area contributed by atoms with Gasteiger partial charge in [-0.2, -0.15) is 0 Å². The number of aromatic amines is 1. The van der Waals surface area contributed by atoms with Crippen molar-refractivity contribution in [2.45, 2.75) is 64.3 Å². The van der Waals surface area contributed by atoms with Crippen LogP contribution in [-0.2, 0) is 9.59 Å². The second-order valence-corrected chi connectivity index (χ2v) is 9.32. The van der Waals surface area contributed by atoms with Crippen molar-refractivity contribution in [1.82, 2.24) is 9.88 Å². The van der Waals surface area contributed by atoms with Gasteiger partial charge in [-0.05, 0) is 60.8 Å². The molecule has 1 saturated carbocycles. The number of hydrogen-bond donors (Lipinski definition) is 2. The quantitative estimate of drug-likeness (QED) is 0.729. The van der Waals surface area contributed by atoms with Crippen LogP contribution < -0.4 is 0 Å². The molecule has 0 spiro atoms. The first kappa shape index (κ1) is 20.9. The van der Waals surface area contributed by atoms with Gasteiger partial charge in [0.15, 0.2) is 0 Å². The molecule has 2 N–H and O–H groups in total. The van der Waals surface area contributed by atoms with Gasteiger partial charge in [0.05, 0.1) is 5.92 Å². The summed E-state index contributed by atoms with van der Waals surface area (Å²) < 4.78 is 13.6. The number of nitrogens with one attached hydrogen (secondary N) is 1. The zero-order valence-electron chi connectivity index (χ0n) is 17.7. The first-order valence-corrected chi connectivity index (χ1v) is 11.2. The zero-order chi connectivity index (χ0) is 21.4. The third-order valence-corrected chi connectivity index (χ3v) is 7.29. The summed E-state index contributed by atoms with van der Waals surface area (Å²) in [6.07, 6.45) is 6.74. The molecule has 0 bridgehead atoms. The fourth-order valence-electron chi connectivity index (χ4n) is 5.71. The zero-order valence-corrected chi connectivity index (χ0v) is 17.7. The third kappa shape index (κ3) is 3.84. The maximum atomic E-state index is 13.6.